The highest BCUT2D eigenvalue weighted by molar-refractivity contribution is 7.09. The molecule has 0 radical (unpaired) electrons. The van der Waals surface area contributed by atoms with Crippen LogP contribution in [0.5, 0.6) is 0 Å². The quantitative estimate of drug-likeness (QED) is 0.933. The summed E-state index contributed by atoms with van der Waals surface area (Å²) in [5, 5.41) is 5.01. The van der Waals surface area contributed by atoms with Gasteiger partial charge in [-0.15, -0.1) is 11.3 Å². The molecule has 21 heavy (non-hydrogen) atoms. The lowest BCUT2D eigenvalue weighted by molar-refractivity contribution is -0.135. The molecule has 5 heteroatoms. The zero-order valence-corrected chi connectivity index (χ0v) is 13.0. The van der Waals surface area contributed by atoms with Gasteiger partial charge in [-0.05, 0) is 30.2 Å². The molecule has 1 atom stereocenters. The molecule has 0 spiro atoms. The van der Waals surface area contributed by atoms with Crippen LogP contribution >= 0.6 is 11.3 Å². The van der Waals surface area contributed by atoms with E-state index in [4.69, 9.17) is 0 Å². The lowest BCUT2D eigenvalue weighted by Crippen LogP contribution is -2.49. The fourth-order valence-electron chi connectivity index (χ4n) is 3.39. The van der Waals surface area contributed by atoms with Gasteiger partial charge in [-0.3, -0.25) is 9.59 Å². The normalized spacial score (nSPS) is 24.8. The van der Waals surface area contributed by atoms with Gasteiger partial charge in [-0.25, -0.2) is 0 Å². The standard InChI is InChI=1S/C16H22N2O2S/c19-14-8-9-18(11-13-7-4-10-21-13)16(20)15(17-14)12-5-2-1-3-6-12/h4,7,10,12,15H,1-3,5-6,8-9,11H2,(H,17,19). The Balaban J connectivity index is 1.74. The number of hydrogen-bond donors (Lipinski definition) is 1. The minimum atomic E-state index is -0.305. The van der Waals surface area contributed by atoms with Crippen molar-refractivity contribution in [3.05, 3.63) is 22.4 Å². The van der Waals surface area contributed by atoms with Crippen LogP contribution in [0.25, 0.3) is 0 Å². The third-order valence-corrected chi connectivity index (χ3v) is 5.41. The molecule has 4 nitrogen and oxygen atoms in total. The van der Waals surface area contributed by atoms with E-state index >= 15 is 0 Å². The molecule has 1 aromatic heterocycles. The van der Waals surface area contributed by atoms with E-state index in [1.165, 1.54) is 24.1 Å². The van der Waals surface area contributed by atoms with Crippen molar-refractivity contribution in [2.75, 3.05) is 6.54 Å². The topological polar surface area (TPSA) is 49.4 Å². The number of nitrogens with zero attached hydrogens (tertiary/aromatic N) is 1. The minimum Gasteiger partial charge on any atom is -0.344 e. The highest BCUT2D eigenvalue weighted by Gasteiger charge is 2.36. The summed E-state index contributed by atoms with van der Waals surface area (Å²) < 4.78 is 0. The first-order chi connectivity index (χ1) is 10.2. The molecule has 1 aliphatic carbocycles. The van der Waals surface area contributed by atoms with Crippen LogP contribution in [0.15, 0.2) is 17.5 Å². The van der Waals surface area contributed by atoms with E-state index in [0.29, 0.717) is 25.4 Å². The van der Waals surface area contributed by atoms with Crippen LogP contribution in [-0.2, 0) is 16.1 Å². The fourth-order valence-corrected chi connectivity index (χ4v) is 4.10. The summed E-state index contributed by atoms with van der Waals surface area (Å²) in [5.74, 6) is 0.452. The smallest absolute Gasteiger partial charge is 0.245 e. The third kappa shape index (κ3) is 3.46. The lowest BCUT2D eigenvalue weighted by atomic mass is 9.83. The fraction of sp³-hybridized carbons (Fsp3) is 0.625. The molecule has 2 fully saturated rings. The first kappa shape index (κ1) is 14.6. The maximum Gasteiger partial charge on any atom is 0.245 e. The summed E-state index contributed by atoms with van der Waals surface area (Å²) in [4.78, 5) is 27.8. The number of rotatable bonds is 3. The van der Waals surface area contributed by atoms with E-state index in [-0.39, 0.29) is 17.9 Å². The van der Waals surface area contributed by atoms with Gasteiger partial charge in [0.25, 0.3) is 0 Å². The summed E-state index contributed by atoms with van der Waals surface area (Å²) >= 11 is 1.66. The SMILES string of the molecule is O=C1CCN(Cc2cccs2)C(=O)C(C2CCCCC2)N1. The van der Waals surface area contributed by atoms with Crippen molar-refractivity contribution in [3.8, 4) is 0 Å². The van der Waals surface area contributed by atoms with E-state index < -0.39 is 0 Å². The zero-order chi connectivity index (χ0) is 14.7. The van der Waals surface area contributed by atoms with E-state index in [2.05, 4.69) is 5.32 Å². The highest BCUT2D eigenvalue weighted by atomic mass is 32.1. The van der Waals surface area contributed by atoms with E-state index in [1.54, 1.807) is 11.3 Å². The average Bonchev–Trinajstić information content (AvgIpc) is 2.97. The largest absolute Gasteiger partial charge is 0.344 e. The highest BCUT2D eigenvalue weighted by Crippen LogP contribution is 2.28. The Morgan fingerprint density at radius 2 is 2.05 bits per heavy atom. The predicted molar refractivity (Wildman–Crippen MR) is 82.9 cm³/mol. The molecule has 1 saturated heterocycles. The molecule has 1 saturated carbocycles. The van der Waals surface area contributed by atoms with Crippen LogP contribution in [0.3, 0.4) is 0 Å². The predicted octanol–water partition coefficient (Wildman–Crippen LogP) is 2.55. The van der Waals surface area contributed by atoms with Crippen molar-refractivity contribution in [1.29, 1.82) is 0 Å². The van der Waals surface area contributed by atoms with Crippen LogP contribution in [0.1, 0.15) is 43.4 Å². The molecule has 2 amide bonds. The van der Waals surface area contributed by atoms with Gasteiger partial charge in [-0.1, -0.05) is 25.3 Å². The van der Waals surface area contributed by atoms with Crippen LogP contribution in [0.4, 0.5) is 0 Å². The summed E-state index contributed by atoms with van der Waals surface area (Å²) in [7, 11) is 0. The zero-order valence-electron chi connectivity index (χ0n) is 12.2. The van der Waals surface area contributed by atoms with Gasteiger partial charge >= 0.3 is 0 Å². The summed E-state index contributed by atoms with van der Waals surface area (Å²) in [5.41, 5.74) is 0. The molecule has 1 aromatic rings. The number of hydrogen-bond acceptors (Lipinski definition) is 3. The van der Waals surface area contributed by atoms with E-state index in [1.807, 2.05) is 22.4 Å². The Kier molecular flexibility index (Phi) is 4.58. The molecule has 1 N–H and O–H groups in total. The van der Waals surface area contributed by atoms with Gasteiger partial charge in [-0.2, -0.15) is 0 Å². The van der Waals surface area contributed by atoms with Crippen LogP contribution in [0, 0.1) is 5.92 Å². The van der Waals surface area contributed by atoms with Crippen LogP contribution in [0.2, 0.25) is 0 Å². The van der Waals surface area contributed by atoms with Crippen molar-refractivity contribution in [2.45, 2.75) is 51.1 Å². The number of thiophene rings is 1. The molecular formula is C16H22N2O2S. The number of carbonyl (C=O) groups is 2. The first-order valence-electron chi connectivity index (χ1n) is 7.84. The molecule has 3 rings (SSSR count). The number of amides is 2. The molecule has 0 bridgehead atoms. The van der Waals surface area contributed by atoms with Crippen LogP contribution < -0.4 is 5.32 Å². The monoisotopic (exact) mass is 306 g/mol. The Morgan fingerprint density at radius 1 is 1.24 bits per heavy atom. The van der Waals surface area contributed by atoms with Gasteiger partial charge in [0, 0.05) is 17.8 Å². The molecular weight excluding hydrogens is 284 g/mol. The minimum absolute atomic E-state index is 0.0209. The molecule has 2 aliphatic rings. The van der Waals surface area contributed by atoms with Crippen molar-refractivity contribution < 1.29 is 9.59 Å². The number of nitrogens with one attached hydrogen (secondary N) is 1. The van der Waals surface area contributed by atoms with Gasteiger partial charge in [0.2, 0.25) is 11.8 Å². The summed E-state index contributed by atoms with van der Waals surface area (Å²) in [6.07, 6.45) is 6.14. The van der Waals surface area contributed by atoms with Gasteiger partial charge < -0.3 is 10.2 Å². The third-order valence-electron chi connectivity index (χ3n) is 4.55. The Labute approximate surface area is 129 Å². The lowest BCUT2D eigenvalue weighted by Gasteiger charge is -2.31. The Morgan fingerprint density at radius 3 is 2.76 bits per heavy atom. The maximum atomic E-state index is 12.8. The van der Waals surface area contributed by atoms with Gasteiger partial charge in [0.05, 0.1) is 6.54 Å². The van der Waals surface area contributed by atoms with Gasteiger partial charge in [0.15, 0.2) is 0 Å². The molecule has 0 aromatic carbocycles. The van der Waals surface area contributed by atoms with Crippen molar-refractivity contribution in [3.63, 3.8) is 0 Å². The van der Waals surface area contributed by atoms with E-state index in [0.717, 1.165) is 12.8 Å². The van der Waals surface area contributed by atoms with Crippen molar-refractivity contribution in [2.24, 2.45) is 5.92 Å². The summed E-state index contributed by atoms with van der Waals surface area (Å²) in [6.45, 7) is 1.17. The molecule has 1 aliphatic heterocycles. The Bertz CT molecular complexity index is 494. The van der Waals surface area contributed by atoms with Crippen molar-refractivity contribution in [1.82, 2.24) is 10.2 Å². The maximum absolute atomic E-state index is 12.8. The summed E-state index contributed by atoms with van der Waals surface area (Å²) in [6, 6.07) is 3.75. The van der Waals surface area contributed by atoms with Crippen LogP contribution in [-0.4, -0.2) is 29.3 Å². The second-order valence-corrected chi connectivity index (χ2v) is 7.06. The molecule has 1 unspecified atom stereocenters. The van der Waals surface area contributed by atoms with E-state index in [9.17, 15) is 9.59 Å². The second-order valence-electron chi connectivity index (χ2n) is 6.03. The average molecular weight is 306 g/mol. The Hall–Kier alpha value is -1.36. The van der Waals surface area contributed by atoms with Gasteiger partial charge in [0.1, 0.15) is 6.04 Å². The molecule has 114 valence electrons. The second kappa shape index (κ2) is 6.60. The van der Waals surface area contributed by atoms with Crippen molar-refractivity contribution >= 4 is 23.2 Å². The first-order valence-corrected chi connectivity index (χ1v) is 8.72. The number of carbonyl (C=O) groups excluding carboxylic acids is 2. The molecule has 2 heterocycles.